The number of amides is 1. The van der Waals surface area contributed by atoms with E-state index in [9.17, 15) is 13.2 Å². The molecule has 0 aliphatic heterocycles. The van der Waals surface area contributed by atoms with Gasteiger partial charge in [-0.3, -0.25) is 4.79 Å². The quantitative estimate of drug-likeness (QED) is 0.638. The fourth-order valence-electron chi connectivity index (χ4n) is 2.86. The van der Waals surface area contributed by atoms with Gasteiger partial charge in [-0.1, -0.05) is 30.3 Å². The van der Waals surface area contributed by atoms with Crippen LogP contribution >= 0.6 is 0 Å². The molecule has 158 valence electrons. The van der Waals surface area contributed by atoms with Gasteiger partial charge >= 0.3 is 0 Å². The molecule has 0 aliphatic carbocycles. The summed E-state index contributed by atoms with van der Waals surface area (Å²) in [6.07, 6.45) is 1.59. The number of carbonyl (C=O) groups is 1. The van der Waals surface area contributed by atoms with Crippen molar-refractivity contribution in [3.8, 4) is 11.5 Å². The van der Waals surface area contributed by atoms with Crippen molar-refractivity contribution in [2.75, 3.05) is 27.8 Å². The number of hydrogen-bond acceptors (Lipinski definition) is 5. The van der Waals surface area contributed by atoms with Gasteiger partial charge in [0.25, 0.3) is 0 Å². The Bertz CT molecular complexity index is 916. The minimum absolute atomic E-state index is 0.0493. The molecule has 2 aromatic carbocycles. The van der Waals surface area contributed by atoms with E-state index in [4.69, 9.17) is 9.47 Å². The highest BCUT2D eigenvalue weighted by atomic mass is 32.2. The summed E-state index contributed by atoms with van der Waals surface area (Å²) in [4.78, 5) is 12.3. The number of ether oxygens (including phenoxy) is 2. The SMILES string of the molecule is COc1ccc(OC)c(S(=O)(=O)N(C)CC(=O)N[C@H](C)CCc2ccccc2)c1. The highest BCUT2D eigenvalue weighted by Gasteiger charge is 2.27. The number of rotatable bonds is 10. The molecular weight excluding hydrogens is 392 g/mol. The van der Waals surface area contributed by atoms with Crippen LogP contribution in [0.5, 0.6) is 11.5 Å². The molecule has 2 rings (SSSR count). The third kappa shape index (κ3) is 6.20. The first-order valence-electron chi connectivity index (χ1n) is 9.29. The number of nitrogens with one attached hydrogen (secondary N) is 1. The lowest BCUT2D eigenvalue weighted by Crippen LogP contribution is -2.41. The Hall–Kier alpha value is -2.58. The zero-order chi connectivity index (χ0) is 21.4. The molecule has 0 aliphatic rings. The molecule has 0 saturated carbocycles. The van der Waals surface area contributed by atoms with Crippen molar-refractivity contribution in [3.05, 3.63) is 54.1 Å². The van der Waals surface area contributed by atoms with E-state index >= 15 is 0 Å². The van der Waals surface area contributed by atoms with Crippen LogP contribution in [0.3, 0.4) is 0 Å². The van der Waals surface area contributed by atoms with E-state index in [-0.39, 0.29) is 29.1 Å². The number of carbonyl (C=O) groups excluding carboxylic acids is 1. The summed E-state index contributed by atoms with van der Waals surface area (Å²) >= 11 is 0. The van der Waals surface area contributed by atoms with E-state index < -0.39 is 10.0 Å². The van der Waals surface area contributed by atoms with Crippen LogP contribution < -0.4 is 14.8 Å². The average molecular weight is 421 g/mol. The van der Waals surface area contributed by atoms with Crippen LogP contribution in [0.2, 0.25) is 0 Å². The lowest BCUT2D eigenvalue weighted by Gasteiger charge is -2.20. The van der Waals surface area contributed by atoms with Gasteiger partial charge in [-0.2, -0.15) is 4.31 Å². The third-order valence-corrected chi connectivity index (χ3v) is 6.37. The van der Waals surface area contributed by atoms with Crippen LogP contribution in [-0.2, 0) is 21.2 Å². The predicted molar refractivity (Wildman–Crippen MR) is 112 cm³/mol. The summed E-state index contributed by atoms with van der Waals surface area (Å²) in [6, 6.07) is 14.4. The molecule has 1 atom stereocenters. The second-order valence-electron chi connectivity index (χ2n) is 6.77. The fraction of sp³-hybridized carbons (Fsp3) is 0.381. The van der Waals surface area contributed by atoms with Crippen molar-refractivity contribution >= 4 is 15.9 Å². The van der Waals surface area contributed by atoms with E-state index in [1.165, 1.54) is 39.0 Å². The first kappa shape index (κ1) is 22.7. The van der Waals surface area contributed by atoms with Crippen molar-refractivity contribution in [1.29, 1.82) is 0 Å². The molecular formula is C21H28N2O5S. The van der Waals surface area contributed by atoms with Crippen LogP contribution in [0.4, 0.5) is 0 Å². The topological polar surface area (TPSA) is 84.9 Å². The van der Waals surface area contributed by atoms with Gasteiger partial charge in [0.05, 0.1) is 20.8 Å². The Kier molecular flexibility index (Phi) is 8.04. The molecule has 0 saturated heterocycles. The second-order valence-corrected chi connectivity index (χ2v) is 8.78. The van der Waals surface area contributed by atoms with E-state index in [0.717, 1.165) is 17.1 Å². The van der Waals surface area contributed by atoms with Crippen LogP contribution in [0.25, 0.3) is 0 Å². The zero-order valence-electron chi connectivity index (χ0n) is 17.2. The molecule has 29 heavy (non-hydrogen) atoms. The van der Waals surface area contributed by atoms with Crippen molar-refractivity contribution in [2.24, 2.45) is 0 Å². The molecule has 1 amide bonds. The van der Waals surface area contributed by atoms with Crippen molar-refractivity contribution in [2.45, 2.75) is 30.7 Å². The normalized spacial score (nSPS) is 12.4. The Balaban J connectivity index is 1.99. The van der Waals surface area contributed by atoms with Crippen molar-refractivity contribution < 1.29 is 22.7 Å². The first-order valence-corrected chi connectivity index (χ1v) is 10.7. The highest BCUT2D eigenvalue weighted by molar-refractivity contribution is 7.89. The van der Waals surface area contributed by atoms with E-state index in [2.05, 4.69) is 5.32 Å². The Labute approximate surface area is 172 Å². The van der Waals surface area contributed by atoms with Crippen LogP contribution in [0, 0.1) is 0 Å². The lowest BCUT2D eigenvalue weighted by molar-refractivity contribution is -0.121. The maximum atomic E-state index is 12.9. The fourth-order valence-corrected chi connectivity index (χ4v) is 4.15. The maximum absolute atomic E-state index is 12.9. The predicted octanol–water partition coefficient (Wildman–Crippen LogP) is 2.46. The van der Waals surface area contributed by atoms with Gasteiger partial charge in [-0.25, -0.2) is 8.42 Å². The molecule has 0 radical (unpaired) electrons. The Morgan fingerprint density at radius 1 is 1.10 bits per heavy atom. The summed E-state index contributed by atoms with van der Waals surface area (Å²) in [6.45, 7) is 1.61. The third-order valence-electron chi connectivity index (χ3n) is 4.54. The summed E-state index contributed by atoms with van der Waals surface area (Å²) in [5.41, 5.74) is 1.19. The minimum atomic E-state index is -3.93. The Morgan fingerprint density at radius 2 is 1.79 bits per heavy atom. The number of benzene rings is 2. The number of methoxy groups -OCH3 is 2. The van der Waals surface area contributed by atoms with Gasteiger partial charge in [0.1, 0.15) is 16.4 Å². The summed E-state index contributed by atoms with van der Waals surface area (Å²) in [7, 11) is 0.272. The van der Waals surface area contributed by atoms with Gasteiger partial charge in [0.15, 0.2) is 0 Å². The van der Waals surface area contributed by atoms with Gasteiger partial charge in [0.2, 0.25) is 15.9 Å². The summed E-state index contributed by atoms with van der Waals surface area (Å²) in [5, 5.41) is 2.85. The Morgan fingerprint density at radius 3 is 2.41 bits per heavy atom. The molecule has 0 bridgehead atoms. The van der Waals surface area contributed by atoms with Gasteiger partial charge in [0, 0.05) is 19.2 Å². The number of aryl methyl sites for hydroxylation is 1. The lowest BCUT2D eigenvalue weighted by atomic mass is 10.1. The van der Waals surface area contributed by atoms with Crippen molar-refractivity contribution in [1.82, 2.24) is 9.62 Å². The molecule has 0 heterocycles. The van der Waals surface area contributed by atoms with Crippen LogP contribution in [0.1, 0.15) is 18.9 Å². The van der Waals surface area contributed by atoms with Gasteiger partial charge in [-0.05, 0) is 37.5 Å². The minimum Gasteiger partial charge on any atom is -0.497 e. The summed E-state index contributed by atoms with van der Waals surface area (Å²) in [5.74, 6) is 0.213. The average Bonchev–Trinajstić information content (AvgIpc) is 2.72. The molecule has 0 aromatic heterocycles. The van der Waals surface area contributed by atoms with E-state index in [1.54, 1.807) is 6.07 Å². The number of sulfonamides is 1. The van der Waals surface area contributed by atoms with E-state index in [1.807, 2.05) is 37.3 Å². The smallest absolute Gasteiger partial charge is 0.247 e. The van der Waals surface area contributed by atoms with Crippen LogP contribution in [-0.4, -0.2) is 52.5 Å². The standard InChI is InChI=1S/C21H28N2O5S/c1-16(10-11-17-8-6-5-7-9-17)22-21(24)15-23(2)29(25,26)20-14-18(27-3)12-13-19(20)28-4/h5-9,12-14,16H,10-11,15H2,1-4H3,(H,22,24)/t16-/m1/s1. The molecule has 0 unspecified atom stereocenters. The molecule has 7 nitrogen and oxygen atoms in total. The summed E-state index contributed by atoms with van der Waals surface area (Å²) < 4.78 is 37.1. The van der Waals surface area contributed by atoms with Crippen molar-refractivity contribution in [3.63, 3.8) is 0 Å². The second kappa shape index (κ2) is 10.3. The molecule has 8 heteroatoms. The van der Waals surface area contributed by atoms with Gasteiger partial charge in [-0.15, -0.1) is 0 Å². The number of nitrogens with zero attached hydrogens (tertiary/aromatic N) is 1. The largest absolute Gasteiger partial charge is 0.497 e. The molecule has 1 N–H and O–H groups in total. The van der Waals surface area contributed by atoms with E-state index in [0.29, 0.717) is 5.75 Å². The zero-order valence-corrected chi connectivity index (χ0v) is 18.0. The van der Waals surface area contributed by atoms with Crippen LogP contribution in [0.15, 0.2) is 53.4 Å². The molecule has 2 aromatic rings. The highest BCUT2D eigenvalue weighted by Crippen LogP contribution is 2.30. The number of hydrogen-bond donors (Lipinski definition) is 1. The maximum Gasteiger partial charge on any atom is 0.247 e. The number of likely N-dealkylation sites (N-methyl/N-ethyl adjacent to an activating group) is 1. The molecule has 0 fully saturated rings. The first-order chi connectivity index (χ1) is 13.8. The van der Waals surface area contributed by atoms with Gasteiger partial charge < -0.3 is 14.8 Å². The molecule has 0 spiro atoms. The monoisotopic (exact) mass is 420 g/mol.